The van der Waals surface area contributed by atoms with Crippen molar-refractivity contribution in [3.05, 3.63) is 12.4 Å². The normalized spacial score (nSPS) is 20.2. The van der Waals surface area contributed by atoms with Crippen LogP contribution in [0.5, 0.6) is 0 Å². The quantitative estimate of drug-likeness (QED) is 0.784. The molecule has 0 bridgehead atoms. The van der Waals surface area contributed by atoms with Crippen molar-refractivity contribution >= 4 is 11.6 Å². The van der Waals surface area contributed by atoms with Crippen LogP contribution in [0.2, 0.25) is 0 Å². The maximum Gasteiger partial charge on any atom is 0.134 e. The third kappa shape index (κ3) is 2.49. The van der Waals surface area contributed by atoms with Gasteiger partial charge in [-0.2, -0.15) is 0 Å². The lowest BCUT2D eigenvalue weighted by atomic mass is 10.1. The van der Waals surface area contributed by atoms with Crippen molar-refractivity contribution in [2.75, 3.05) is 36.9 Å². The van der Waals surface area contributed by atoms with Crippen LogP contribution < -0.4 is 15.5 Å². The Balaban J connectivity index is 1.58. The molecule has 1 aliphatic carbocycles. The predicted molar refractivity (Wildman–Crippen MR) is 68.3 cm³/mol. The van der Waals surface area contributed by atoms with Gasteiger partial charge in [0.25, 0.3) is 0 Å². The summed E-state index contributed by atoms with van der Waals surface area (Å²) < 4.78 is 0. The van der Waals surface area contributed by atoms with Crippen LogP contribution in [0, 0.1) is 5.92 Å². The Morgan fingerprint density at radius 2 is 2.18 bits per heavy atom. The first-order valence-electron chi connectivity index (χ1n) is 6.33. The molecule has 1 aliphatic heterocycles. The minimum Gasteiger partial charge on any atom is -0.370 e. The van der Waals surface area contributed by atoms with Gasteiger partial charge in [-0.1, -0.05) is 0 Å². The van der Waals surface area contributed by atoms with E-state index in [4.69, 9.17) is 0 Å². The largest absolute Gasteiger partial charge is 0.370 e. The predicted octanol–water partition coefficient (Wildman–Crippen LogP) is 0.706. The average molecular weight is 233 g/mol. The molecule has 2 N–H and O–H groups in total. The number of aromatic nitrogens is 2. The van der Waals surface area contributed by atoms with Crippen LogP contribution in [0.4, 0.5) is 11.6 Å². The molecule has 0 radical (unpaired) electrons. The Hall–Kier alpha value is -1.36. The Morgan fingerprint density at radius 3 is 2.88 bits per heavy atom. The van der Waals surface area contributed by atoms with Gasteiger partial charge in [-0.05, 0) is 25.8 Å². The summed E-state index contributed by atoms with van der Waals surface area (Å²) in [6, 6.07) is 2.65. The molecule has 1 saturated heterocycles. The second-order valence-electron chi connectivity index (χ2n) is 4.98. The highest BCUT2D eigenvalue weighted by Crippen LogP contribution is 2.29. The van der Waals surface area contributed by atoms with E-state index in [0.29, 0.717) is 6.04 Å². The molecule has 1 saturated carbocycles. The van der Waals surface area contributed by atoms with Crippen molar-refractivity contribution in [3.8, 4) is 0 Å². The lowest BCUT2D eigenvalue weighted by Crippen LogP contribution is -2.57. The average Bonchev–Trinajstić information content (AvgIpc) is 3.09. The Bertz CT molecular complexity index is 384. The molecule has 3 rings (SSSR count). The molecule has 0 aromatic carbocycles. The van der Waals surface area contributed by atoms with Gasteiger partial charge in [0.2, 0.25) is 0 Å². The highest BCUT2D eigenvalue weighted by Gasteiger charge is 2.26. The van der Waals surface area contributed by atoms with Gasteiger partial charge in [0, 0.05) is 31.7 Å². The topological polar surface area (TPSA) is 53.1 Å². The lowest BCUT2D eigenvalue weighted by molar-refractivity contribution is 0.447. The SMILES string of the molecule is CNC1CN(c2cc(NCC3CC3)ncn2)C1. The fourth-order valence-corrected chi connectivity index (χ4v) is 2.04. The summed E-state index contributed by atoms with van der Waals surface area (Å²) in [5, 5.41) is 6.65. The van der Waals surface area contributed by atoms with Gasteiger partial charge in [-0.25, -0.2) is 9.97 Å². The first-order valence-corrected chi connectivity index (χ1v) is 6.33. The van der Waals surface area contributed by atoms with Crippen molar-refractivity contribution in [1.29, 1.82) is 0 Å². The summed E-state index contributed by atoms with van der Waals surface area (Å²) in [6.45, 7) is 3.13. The fourth-order valence-electron chi connectivity index (χ4n) is 2.04. The Morgan fingerprint density at radius 1 is 1.35 bits per heavy atom. The van der Waals surface area contributed by atoms with Gasteiger partial charge in [-0.3, -0.25) is 0 Å². The monoisotopic (exact) mass is 233 g/mol. The summed E-state index contributed by atoms with van der Waals surface area (Å²) in [5.74, 6) is 2.85. The molecule has 92 valence electrons. The summed E-state index contributed by atoms with van der Waals surface area (Å²) in [6.07, 6.45) is 4.37. The molecule has 2 heterocycles. The van der Waals surface area contributed by atoms with E-state index in [9.17, 15) is 0 Å². The van der Waals surface area contributed by atoms with Gasteiger partial charge >= 0.3 is 0 Å². The summed E-state index contributed by atoms with van der Waals surface area (Å²) in [5.41, 5.74) is 0. The molecule has 1 aromatic heterocycles. The van der Waals surface area contributed by atoms with Crippen molar-refractivity contribution in [2.24, 2.45) is 5.92 Å². The van der Waals surface area contributed by atoms with E-state index >= 15 is 0 Å². The molecule has 1 aromatic rings. The highest BCUT2D eigenvalue weighted by atomic mass is 15.3. The van der Waals surface area contributed by atoms with Crippen LogP contribution in [-0.2, 0) is 0 Å². The number of anilines is 2. The molecular formula is C12H19N5. The van der Waals surface area contributed by atoms with Crippen LogP contribution in [0.3, 0.4) is 0 Å². The van der Waals surface area contributed by atoms with Crippen LogP contribution >= 0.6 is 0 Å². The van der Waals surface area contributed by atoms with Crippen LogP contribution in [0.15, 0.2) is 12.4 Å². The number of rotatable bonds is 5. The number of hydrogen-bond donors (Lipinski definition) is 2. The number of likely N-dealkylation sites (N-methyl/N-ethyl adjacent to an activating group) is 1. The first kappa shape index (κ1) is 10.8. The summed E-state index contributed by atoms with van der Waals surface area (Å²) in [7, 11) is 2.00. The third-order valence-electron chi connectivity index (χ3n) is 3.54. The zero-order chi connectivity index (χ0) is 11.7. The minimum atomic E-state index is 0.604. The zero-order valence-electron chi connectivity index (χ0n) is 10.2. The van der Waals surface area contributed by atoms with Crippen molar-refractivity contribution < 1.29 is 0 Å². The van der Waals surface area contributed by atoms with E-state index in [-0.39, 0.29) is 0 Å². The highest BCUT2D eigenvalue weighted by molar-refractivity contribution is 5.50. The maximum atomic E-state index is 4.32. The molecule has 0 atom stereocenters. The van der Waals surface area contributed by atoms with Crippen molar-refractivity contribution in [1.82, 2.24) is 15.3 Å². The summed E-state index contributed by atoms with van der Waals surface area (Å²) >= 11 is 0. The molecule has 2 aliphatic rings. The molecular weight excluding hydrogens is 214 g/mol. The van der Waals surface area contributed by atoms with Crippen molar-refractivity contribution in [3.63, 3.8) is 0 Å². The van der Waals surface area contributed by atoms with Gasteiger partial charge in [0.05, 0.1) is 0 Å². The molecule has 5 nitrogen and oxygen atoms in total. The van der Waals surface area contributed by atoms with Gasteiger partial charge in [-0.15, -0.1) is 0 Å². The van der Waals surface area contributed by atoms with Gasteiger partial charge in [0.15, 0.2) is 0 Å². The molecule has 0 spiro atoms. The fraction of sp³-hybridized carbons (Fsp3) is 0.667. The Kier molecular flexibility index (Phi) is 2.84. The maximum absolute atomic E-state index is 4.32. The van der Waals surface area contributed by atoms with E-state index in [2.05, 4.69) is 25.5 Å². The Labute approximate surface area is 102 Å². The van der Waals surface area contributed by atoms with Gasteiger partial charge in [0.1, 0.15) is 18.0 Å². The van der Waals surface area contributed by atoms with Crippen LogP contribution in [0.25, 0.3) is 0 Å². The third-order valence-corrected chi connectivity index (χ3v) is 3.54. The second kappa shape index (κ2) is 4.49. The van der Waals surface area contributed by atoms with Gasteiger partial charge < -0.3 is 15.5 Å². The molecule has 17 heavy (non-hydrogen) atoms. The molecule has 5 heteroatoms. The number of hydrogen-bond acceptors (Lipinski definition) is 5. The standard InChI is InChI=1S/C12H19N5/c1-13-10-6-17(7-10)12-4-11(15-8-16-12)14-5-9-2-3-9/h4,8-10,13H,2-3,5-7H2,1H3,(H,14,15,16). The van der Waals surface area contributed by atoms with Crippen LogP contribution in [-0.4, -0.2) is 42.7 Å². The van der Waals surface area contributed by atoms with E-state index in [0.717, 1.165) is 37.2 Å². The van der Waals surface area contributed by atoms with E-state index in [1.807, 2.05) is 13.1 Å². The van der Waals surface area contributed by atoms with Crippen molar-refractivity contribution in [2.45, 2.75) is 18.9 Å². The lowest BCUT2D eigenvalue weighted by Gasteiger charge is -2.39. The number of nitrogens with zero attached hydrogens (tertiary/aromatic N) is 3. The summed E-state index contributed by atoms with van der Waals surface area (Å²) in [4.78, 5) is 10.8. The minimum absolute atomic E-state index is 0.604. The van der Waals surface area contributed by atoms with Crippen LogP contribution in [0.1, 0.15) is 12.8 Å². The second-order valence-corrected chi connectivity index (χ2v) is 4.98. The smallest absolute Gasteiger partial charge is 0.134 e. The molecule has 2 fully saturated rings. The van der Waals surface area contributed by atoms with E-state index < -0.39 is 0 Å². The zero-order valence-corrected chi connectivity index (χ0v) is 10.2. The van der Waals surface area contributed by atoms with E-state index in [1.165, 1.54) is 12.8 Å². The molecule has 0 unspecified atom stereocenters. The number of nitrogens with one attached hydrogen (secondary N) is 2. The van der Waals surface area contributed by atoms with E-state index in [1.54, 1.807) is 6.33 Å². The first-order chi connectivity index (χ1) is 8.35. The molecule has 0 amide bonds.